The maximum Gasteiger partial charge on any atom is 0.341 e. The van der Waals surface area contributed by atoms with Crippen LogP contribution in [0.15, 0.2) is 35.7 Å². The Bertz CT molecular complexity index is 977. The average Bonchev–Trinajstić information content (AvgIpc) is 3.08. The number of hydrogen-bond acceptors (Lipinski definition) is 6. The molecule has 3 heterocycles. The number of para-hydroxylation sites is 1. The molecule has 26 heavy (non-hydrogen) atoms. The summed E-state index contributed by atoms with van der Waals surface area (Å²) >= 11 is 0. The molecule has 2 aliphatic rings. The van der Waals surface area contributed by atoms with Gasteiger partial charge in [-0.1, -0.05) is 18.2 Å². The van der Waals surface area contributed by atoms with Crippen LogP contribution in [0.4, 0.5) is 5.69 Å². The third kappa shape index (κ3) is 1.75. The lowest BCUT2D eigenvalue weighted by Gasteiger charge is -2.34. The van der Waals surface area contributed by atoms with Gasteiger partial charge in [-0.25, -0.2) is 4.79 Å². The number of nitrogens with one attached hydrogen (secondary N) is 1. The Morgan fingerprint density at radius 1 is 1.42 bits per heavy atom. The summed E-state index contributed by atoms with van der Waals surface area (Å²) in [6.07, 6.45) is 0. The van der Waals surface area contributed by atoms with Gasteiger partial charge in [-0.15, -0.1) is 5.10 Å². The number of carbonyl (C=O) groups excluding carboxylic acids is 2. The van der Waals surface area contributed by atoms with Crippen molar-refractivity contribution in [3.8, 4) is 5.88 Å². The molecule has 8 nitrogen and oxygen atoms in total. The number of anilines is 1. The number of nitrogens with two attached hydrogens (primary N) is 1. The van der Waals surface area contributed by atoms with Crippen LogP contribution < -0.4 is 15.4 Å². The van der Waals surface area contributed by atoms with Crippen LogP contribution in [-0.2, 0) is 19.7 Å². The zero-order valence-corrected chi connectivity index (χ0v) is 14.6. The van der Waals surface area contributed by atoms with Crippen LogP contribution in [0.2, 0.25) is 0 Å². The average molecular weight is 354 g/mol. The number of aromatic amines is 1. The Labute approximate surface area is 149 Å². The minimum Gasteiger partial charge on any atom is -0.462 e. The fourth-order valence-electron chi connectivity index (χ4n) is 3.89. The van der Waals surface area contributed by atoms with Crippen molar-refractivity contribution in [3.63, 3.8) is 0 Å². The monoisotopic (exact) mass is 354 g/mol. The highest BCUT2D eigenvalue weighted by molar-refractivity contribution is 6.18. The number of likely N-dealkylation sites (N-methyl/N-ethyl adjacent to an activating group) is 1. The molecule has 0 unspecified atom stereocenters. The largest absolute Gasteiger partial charge is 0.462 e. The lowest BCUT2D eigenvalue weighted by atomic mass is 9.68. The molecule has 1 aromatic heterocycles. The first kappa shape index (κ1) is 16.2. The van der Waals surface area contributed by atoms with E-state index in [2.05, 4.69) is 10.2 Å². The maximum atomic E-state index is 13.5. The van der Waals surface area contributed by atoms with Crippen LogP contribution in [-0.4, -0.2) is 35.7 Å². The summed E-state index contributed by atoms with van der Waals surface area (Å²) in [5, 5.41) is 6.94. The molecule has 0 saturated carbocycles. The molecule has 0 radical (unpaired) electrons. The second-order valence-electron chi connectivity index (χ2n) is 6.22. The van der Waals surface area contributed by atoms with Crippen LogP contribution in [0.5, 0.6) is 5.88 Å². The summed E-state index contributed by atoms with van der Waals surface area (Å²) in [7, 11) is 1.67. The number of aromatic nitrogens is 2. The van der Waals surface area contributed by atoms with Crippen LogP contribution in [0.25, 0.3) is 0 Å². The van der Waals surface area contributed by atoms with E-state index in [9.17, 15) is 9.59 Å². The van der Waals surface area contributed by atoms with Gasteiger partial charge >= 0.3 is 5.97 Å². The van der Waals surface area contributed by atoms with E-state index in [-0.39, 0.29) is 29.9 Å². The van der Waals surface area contributed by atoms with Gasteiger partial charge in [0.2, 0.25) is 17.7 Å². The second kappa shape index (κ2) is 5.35. The van der Waals surface area contributed by atoms with E-state index >= 15 is 0 Å². The highest BCUT2D eigenvalue weighted by atomic mass is 16.5. The van der Waals surface area contributed by atoms with Crippen LogP contribution in [0.1, 0.15) is 23.7 Å². The molecule has 2 aromatic rings. The third-order valence-corrected chi connectivity index (χ3v) is 4.89. The predicted molar refractivity (Wildman–Crippen MR) is 92.4 cm³/mol. The number of nitrogens with zero attached hydrogens (tertiary/aromatic N) is 2. The molecule has 8 heteroatoms. The topological polar surface area (TPSA) is 111 Å². The first-order valence-electron chi connectivity index (χ1n) is 8.22. The number of rotatable bonds is 2. The van der Waals surface area contributed by atoms with Gasteiger partial charge < -0.3 is 20.1 Å². The van der Waals surface area contributed by atoms with E-state index in [0.29, 0.717) is 22.5 Å². The van der Waals surface area contributed by atoms with Gasteiger partial charge in [0.1, 0.15) is 11.0 Å². The van der Waals surface area contributed by atoms with E-state index in [1.54, 1.807) is 20.9 Å². The smallest absolute Gasteiger partial charge is 0.341 e. The molecule has 0 aliphatic carbocycles. The summed E-state index contributed by atoms with van der Waals surface area (Å²) in [5.41, 5.74) is 7.06. The first-order chi connectivity index (χ1) is 12.4. The van der Waals surface area contributed by atoms with Crippen molar-refractivity contribution in [1.82, 2.24) is 10.2 Å². The van der Waals surface area contributed by atoms with Crippen molar-refractivity contribution < 1.29 is 19.1 Å². The van der Waals surface area contributed by atoms with Gasteiger partial charge in [-0.3, -0.25) is 9.89 Å². The molecule has 1 spiro atoms. The van der Waals surface area contributed by atoms with Crippen molar-refractivity contribution >= 4 is 17.6 Å². The number of esters is 1. The Balaban J connectivity index is 2.13. The van der Waals surface area contributed by atoms with Crippen LogP contribution in [0, 0.1) is 6.92 Å². The van der Waals surface area contributed by atoms with Gasteiger partial charge in [-0.05, 0) is 19.9 Å². The number of hydrogen-bond donors (Lipinski definition) is 2. The third-order valence-electron chi connectivity index (χ3n) is 4.89. The van der Waals surface area contributed by atoms with E-state index in [1.807, 2.05) is 24.3 Å². The molecule has 1 atom stereocenters. The molecule has 0 fully saturated rings. The molecular formula is C18H18N4O4. The molecule has 1 amide bonds. The summed E-state index contributed by atoms with van der Waals surface area (Å²) in [6.45, 7) is 3.61. The van der Waals surface area contributed by atoms with Crippen LogP contribution >= 0.6 is 0 Å². The number of H-pyrrole nitrogens is 1. The van der Waals surface area contributed by atoms with Crippen molar-refractivity contribution in [2.45, 2.75) is 19.3 Å². The fraction of sp³-hybridized carbons (Fsp3) is 0.278. The summed E-state index contributed by atoms with van der Waals surface area (Å²) in [6, 6.07) is 7.29. The normalized spacial score (nSPS) is 20.9. The molecule has 2 aliphatic heterocycles. The molecule has 4 rings (SSSR count). The minimum atomic E-state index is -1.45. The zero-order chi connectivity index (χ0) is 18.6. The Morgan fingerprint density at radius 3 is 2.88 bits per heavy atom. The lowest BCUT2D eigenvalue weighted by Crippen LogP contribution is -2.48. The SMILES string of the molecule is CCOC(=O)C1=C(N)Oc2n[nH]c(C)c2[C@]12C(=O)N(C)c1ccccc12. The number of carbonyl (C=O) groups is 2. The Kier molecular flexibility index (Phi) is 3.33. The summed E-state index contributed by atoms with van der Waals surface area (Å²) in [4.78, 5) is 27.9. The molecule has 134 valence electrons. The van der Waals surface area contributed by atoms with E-state index in [0.717, 1.165) is 0 Å². The fourth-order valence-corrected chi connectivity index (χ4v) is 3.89. The van der Waals surface area contributed by atoms with Crippen LogP contribution in [0.3, 0.4) is 0 Å². The van der Waals surface area contributed by atoms with Gasteiger partial charge in [0.15, 0.2) is 0 Å². The Morgan fingerprint density at radius 2 is 2.15 bits per heavy atom. The first-order valence-corrected chi connectivity index (χ1v) is 8.22. The highest BCUT2D eigenvalue weighted by Crippen LogP contribution is 2.55. The van der Waals surface area contributed by atoms with Gasteiger partial charge in [0.05, 0.1) is 12.2 Å². The van der Waals surface area contributed by atoms with Crippen molar-refractivity contribution in [2.24, 2.45) is 5.73 Å². The molecule has 0 saturated heterocycles. The molecule has 3 N–H and O–H groups in total. The van der Waals surface area contributed by atoms with Gasteiger partial charge in [0, 0.05) is 24.0 Å². The quantitative estimate of drug-likeness (QED) is 0.782. The predicted octanol–water partition coefficient (Wildman–Crippen LogP) is 1.11. The number of ether oxygens (including phenoxy) is 2. The maximum absolute atomic E-state index is 13.5. The molecule has 0 bridgehead atoms. The van der Waals surface area contributed by atoms with E-state index < -0.39 is 11.4 Å². The van der Waals surface area contributed by atoms with Crippen molar-refractivity contribution in [2.75, 3.05) is 18.6 Å². The molecular weight excluding hydrogens is 336 g/mol. The second-order valence-corrected chi connectivity index (χ2v) is 6.22. The van der Waals surface area contributed by atoms with E-state index in [1.165, 1.54) is 4.90 Å². The summed E-state index contributed by atoms with van der Waals surface area (Å²) in [5.74, 6) is -0.985. The molecule has 1 aromatic carbocycles. The Hall–Kier alpha value is -3.29. The zero-order valence-electron chi connectivity index (χ0n) is 14.6. The van der Waals surface area contributed by atoms with Gasteiger partial charge in [-0.2, -0.15) is 0 Å². The van der Waals surface area contributed by atoms with Gasteiger partial charge in [0.25, 0.3) is 0 Å². The van der Waals surface area contributed by atoms with E-state index in [4.69, 9.17) is 15.2 Å². The van der Waals surface area contributed by atoms with Crippen molar-refractivity contribution in [3.05, 3.63) is 52.5 Å². The van der Waals surface area contributed by atoms with Crippen molar-refractivity contribution in [1.29, 1.82) is 0 Å². The summed E-state index contributed by atoms with van der Waals surface area (Å²) < 4.78 is 10.8. The highest BCUT2D eigenvalue weighted by Gasteiger charge is 2.61. The number of benzene rings is 1. The number of fused-ring (bicyclic) bond motifs is 4. The number of aryl methyl sites for hydroxylation is 1. The lowest BCUT2D eigenvalue weighted by molar-refractivity contribution is -0.140. The standard InChI is InChI=1S/C18H18N4O4/c1-4-25-16(23)13-14(19)26-15-12(9(2)20-21-15)18(13)10-7-5-6-8-11(10)22(3)17(18)24/h5-8H,4,19H2,1-3H3,(H,20,21)/t18-/m0/s1. The minimum absolute atomic E-state index is 0.0156. The number of amides is 1.